The van der Waals surface area contributed by atoms with Crippen molar-refractivity contribution in [1.82, 2.24) is 4.90 Å². The van der Waals surface area contributed by atoms with Crippen molar-refractivity contribution in [3.63, 3.8) is 0 Å². The van der Waals surface area contributed by atoms with E-state index in [1.165, 1.54) is 7.11 Å². The number of esters is 1. The van der Waals surface area contributed by atoms with Gasteiger partial charge in [0.2, 0.25) is 0 Å². The molecule has 2 N–H and O–H groups in total. The molecule has 2 heterocycles. The van der Waals surface area contributed by atoms with Gasteiger partial charge < -0.3 is 19.9 Å². The smallest absolute Gasteiger partial charge is 0.338 e. The quantitative estimate of drug-likeness (QED) is 0.617. The molecule has 1 atom stereocenters. The SMILES string of the molecule is COc1cc(OC)c([C@H]2C(C(=O)OC(C)C)=C(C)N=C3SC(C#N)=C(N)N32)cc1Br. The summed E-state index contributed by atoms with van der Waals surface area (Å²) >= 11 is 4.66. The van der Waals surface area contributed by atoms with Crippen LogP contribution in [0.5, 0.6) is 11.5 Å². The number of carbonyl (C=O) groups excluding carboxylic acids is 1. The number of carbonyl (C=O) groups is 1. The van der Waals surface area contributed by atoms with Crippen LogP contribution in [-0.2, 0) is 9.53 Å². The highest BCUT2D eigenvalue weighted by Crippen LogP contribution is 2.49. The highest BCUT2D eigenvalue weighted by Gasteiger charge is 2.44. The van der Waals surface area contributed by atoms with E-state index >= 15 is 0 Å². The Kier molecular flexibility index (Phi) is 6.33. The molecular weight excluding hydrogens is 472 g/mol. The first-order valence-electron chi connectivity index (χ1n) is 9.02. The minimum Gasteiger partial charge on any atom is -0.496 e. The molecule has 0 amide bonds. The van der Waals surface area contributed by atoms with E-state index in [1.54, 1.807) is 38.8 Å². The lowest BCUT2D eigenvalue weighted by Crippen LogP contribution is -2.39. The summed E-state index contributed by atoms with van der Waals surface area (Å²) < 4.78 is 17.2. The summed E-state index contributed by atoms with van der Waals surface area (Å²) in [5, 5.41) is 9.98. The van der Waals surface area contributed by atoms with Crippen LogP contribution >= 0.6 is 27.7 Å². The first-order chi connectivity index (χ1) is 14.2. The molecule has 0 unspecified atom stereocenters. The van der Waals surface area contributed by atoms with Gasteiger partial charge >= 0.3 is 5.97 Å². The number of amidine groups is 1. The average Bonchev–Trinajstić information content (AvgIpc) is 3.01. The number of allylic oxidation sites excluding steroid dienone is 2. The molecule has 0 spiro atoms. The lowest BCUT2D eigenvalue weighted by molar-refractivity contribution is -0.143. The molecule has 3 rings (SSSR count). The largest absolute Gasteiger partial charge is 0.496 e. The number of aliphatic imine (C=N–C) groups is 1. The second kappa shape index (κ2) is 8.62. The summed E-state index contributed by atoms with van der Waals surface area (Å²) in [7, 11) is 3.09. The lowest BCUT2D eigenvalue weighted by atomic mass is 9.93. The summed E-state index contributed by atoms with van der Waals surface area (Å²) in [6, 6.07) is 4.93. The van der Waals surface area contributed by atoms with Crippen LogP contribution in [-0.4, -0.2) is 36.4 Å². The van der Waals surface area contributed by atoms with Crippen molar-refractivity contribution in [2.75, 3.05) is 14.2 Å². The Bertz CT molecular complexity index is 1040. The van der Waals surface area contributed by atoms with Crippen LogP contribution < -0.4 is 15.2 Å². The number of methoxy groups -OCH3 is 2. The molecule has 0 saturated heterocycles. The molecule has 0 aliphatic carbocycles. The van der Waals surface area contributed by atoms with Crippen molar-refractivity contribution in [2.24, 2.45) is 10.7 Å². The fourth-order valence-corrected chi connectivity index (χ4v) is 4.71. The summed E-state index contributed by atoms with van der Waals surface area (Å²) in [5.74, 6) is 0.784. The van der Waals surface area contributed by atoms with Gasteiger partial charge in [0.05, 0.1) is 36.1 Å². The zero-order valence-corrected chi connectivity index (χ0v) is 19.6. The fraction of sp³-hybridized carbons (Fsp3) is 0.350. The lowest BCUT2D eigenvalue weighted by Gasteiger charge is -2.35. The van der Waals surface area contributed by atoms with Crippen molar-refractivity contribution in [3.05, 3.63) is 44.2 Å². The molecule has 0 saturated carbocycles. The molecule has 0 bridgehead atoms. The molecule has 2 aliphatic rings. The van der Waals surface area contributed by atoms with Gasteiger partial charge in [0, 0.05) is 11.6 Å². The minimum atomic E-state index is -0.695. The van der Waals surface area contributed by atoms with Gasteiger partial charge in [-0.25, -0.2) is 9.79 Å². The molecule has 30 heavy (non-hydrogen) atoms. The van der Waals surface area contributed by atoms with Gasteiger partial charge in [0.25, 0.3) is 0 Å². The second-order valence-corrected chi connectivity index (χ2v) is 8.61. The summed E-state index contributed by atoms with van der Waals surface area (Å²) in [6.45, 7) is 5.29. The standard InChI is InChI=1S/C20H21BrN4O4S/c1-9(2)29-19(26)16-10(3)24-20-25(18(23)15(8-22)30-20)17(16)11-6-12(21)14(28-5)7-13(11)27-4/h6-7,9,17H,23H2,1-5H3/t17-/m0/s1. The Hall–Kier alpha value is -2.64. The predicted octanol–water partition coefficient (Wildman–Crippen LogP) is 3.80. The number of halogens is 1. The molecule has 158 valence electrons. The van der Waals surface area contributed by atoms with Crippen LogP contribution in [0.25, 0.3) is 0 Å². The zero-order chi connectivity index (χ0) is 22.2. The Morgan fingerprint density at radius 3 is 2.57 bits per heavy atom. The number of benzene rings is 1. The summed E-state index contributed by atoms with van der Waals surface area (Å²) in [4.78, 5) is 19.6. The van der Waals surface area contributed by atoms with E-state index in [1.807, 2.05) is 6.07 Å². The number of nitrogens with zero attached hydrogens (tertiary/aromatic N) is 3. The molecule has 1 aromatic rings. The number of rotatable bonds is 5. The first kappa shape index (κ1) is 22.1. The summed E-state index contributed by atoms with van der Waals surface area (Å²) in [5.41, 5.74) is 7.76. The van der Waals surface area contributed by atoms with Crippen LogP contribution in [0.15, 0.2) is 43.6 Å². The Labute approximate surface area is 187 Å². The van der Waals surface area contributed by atoms with Crippen LogP contribution in [0.1, 0.15) is 32.4 Å². The van der Waals surface area contributed by atoms with E-state index in [4.69, 9.17) is 19.9 Å². The average molecular weight is 493 g/mol. The molecular formula is C20H21BrN4O4S. The van der Waals surface area contributed by atoms with Gasteiger partial charge in [0.15, 0.2) is 5.17 Å². The molecule has 0 fully saturated rings. The maximum atomic E-state index is 13.1. The van der Waals surface area contributed by atoms with Gasteiger partial charge in [-0.15, -0.1) is 0 Å². The van der Waals surface area contributed by atoms with E-state index in [2.05, 4.69) is 27.0 Å². The molecule has 0 aromatic heterocycles. The number of nitrogens with two attached hydrogens (primary N) is 1. The zero-order valence-electron chi connectivity index (χ0n) is 17.1. The Morgan fingerprint density at radius 2 is 2.00 bits per heavy atom. The maximum Gasteiger partial charge on any atom is 0.338 e. The van der Waals surface area contributed by atoms with Gasteiger partial charge in [0.1, 0.15) is 34.3 Å². The van der Waals surface area contributed by atoms with E-state index in [0.29, 0.717) is 42.9 Å². The third-order valence-electron chi connectivity index (χ3n) is 4.54. The van der Waals surface area contributed by atoms with Gasteiger partial charge in [-0.3, -0.25) is 4.90 Å². The highest BCUT2D eigenvalue weighted by atomic mass is 79.9. The molecule has 10 heteroatoms. The van der Waals surface area contributed by atoms with Crippen molar-refractivity contribution in [1.29, 1.82) is 5.26 Å². The monoisotopic (exact) mass is 492 g/mol. The van der Waals surface area contributed by atoms with Crippen LogP contribution in [0.3, 0.4) is 0 Å². The summed E-state index contributed by atoms with van der Waals surface area (Å²) in [6.07, 6.45) is -0.316. The molecule has 2 aliphatic heterocycles. The number of nitriles is 1. The molecule has 0 radical (unpaired) electrons. The van der Waals surface area contributed by atoms with Gasteiger partial charge in [-0.2, -0.15) is 5.26 Å². The third kappa shape index (κ3) is 3.75. The van der Waals surface area contributed by atoms with Crippen molar-refractivity contribution < 1.29 is 19.0 Å². The van der Waals surface area contributed by atoms with Crippen LogP contribution in [0, 0.1) is 11.3 Å². The number of ether oxygens (including phenoxy) is 3. The van der Waals surface area contributed by atoms with Crippen molar-refractivity contribution in [2.45, 2.75) is 32.9 Å². The van der Waals surface area contributed by atoms with Crippen LogP contribution in [0.2, 0.25) is 0 Å². The highest BCUT2D eigenvalue weighted by molar-refractivity contribution is 9.10. The van der Waals surface area contributed by atoms with Crippen molar-refractivity contribution in [3.8, 4) is 17.6 Å². The number of hydrogen-bond acceptors (Lipinski definition) is 9. The number of fused-ring (bicyclic) bond motifs is 1. The Morgan fingerprint density at radius 1 is 1.33 bits per heavy atom. The normalized spacial score (nSPS) is 18.3. The van der Waals surface area contributed by atoms with Gasteiger partial charge in [-0.05, 0) is 54.5 Å². The molecule has 8 nitrogen and oxygen atoms in total. The van der Waals surface area contributed by atoms with E-state index in [0.717, 1.165) is 11.8 Å². The first-order valence-corrected chi connectivity index (χ1v) is 10.6. The topological polar surface area (TPSA) is 110 Å². The van der Waals surface area contributed by atoms with Gasteiger partial charge in [-0.1, -0.05) is 0 Å². The van der Waals surface area contributed by atoms with E-state index in [9.17, 15) is 10.1 Å². The Balaban J connectivity index is 2.27. The van der Waals surface area contributed by atoms with E-state index < -0.39 is 12.0 Å². The number of thioether (sulfide) groups is 1. The van der Waals surface area contributed by atoms with Crippen molar-refractivity contribution >= 4 is 38.8 Å². The minimum absolute atomic E-state index is 0.225. The third-order valence-corrected chi connectivity index (χ3v) is 6.13. The predicted molar refractivity (Wildman–Crippen MR) is 118 cm³/mol. The fourth-order valence-electron chi connectivity index (χ4n) is 3.27. The second-order valence-electron chi connectivity index (χ2n) is 6.78. The maximum absolute atomic E-state index is 13.1. The van der Waals surface area contributed by atoms with Crippen LogP contribution in [0.4, 0.5) is 0 Å². The molecule has 1 aromatic carbocycles. The van der Waals surface area contributed by atoms with E-state index in [-0.39, 0.29) is 11.9 Å². The number of hydrogen-bond donors (Lipinski definition) is 1.